The summed E-state index contributed by atoms with van der Waals surface area (Å²) in [6.07, 6.45) is 6.53. The number of carbonyl (C=O) groups excluding carboxylic acids is 1. The van der Waals surface area contributed by atoms with Crippen molar-refractivity contribution in [2.24, 2.45) is 11.7 Å². The number of nitrogens with one attached hydrogen (secondary N) is 1. The third kappa shape index (κ3) is 7.25. The fraction of sp³-hybridized carbons (Fsp3) is 0.286. The Hall–Kier alpha value is -1.40. The zero-order valence-electron chi connectivity index (χ0n) is 11.5. The van der Waals surface area contributed by atoms with Gasteiger partial charge in [0.25, 0.3) is 0 Å². The van der Waals surface area contributed by atoms with E-state index >= 15 is 0 Å². The number of halogens is 1. The molecular weight excluding hydrogens is 340 g/mol. The van der Waals surface area contributed by atoms with Gasteiger partial charge in [0.15, 0.2) is 0 Å². The summed E-state index contributed by atoms with van der Waals surface area (Å²) in [7, 11) is 0. The van der Waals surface area contributed by atoms with Crippen LogP contribution in [0.4, 0.5) is 0 Å². The molecule has 6 heteroatoms. The Morgan fingerprint density at radius 3 is 2.50 bits per heavy atom. The van der Waals surface area contributed by atoms with E-state index in [1.807, 2.05) is 26.0 Å². The summed E-state index contributed by atoms with van der Waals surface area (Å²) >= 11 is 4.85. The molecule has 1 atom stereocenters. The van der Waals surface area contributed by atoms with Crippen molar-refractivity contribution in [3.8, 4) is 0 Å². The van der Waals surface area contributed by atoms with Gasteiger partial charge in [-0.15, -0.1) is 11.3 Å². The van der Waals surface area contributed by atoms with Crippen LogP contribution in [0.1, 0.15) is 25.1 Å². The van der Waals surface area contributed by atoms with Gasteiger partial charge in [-0.2, -0.15) is 0 Å². The number of aliphatic hydroxyl groups is 1. The van der Waals surface area contributed by atoms with E-state index in [0.717, 1.165) is 8.66 Å². The quantitative estimate of drug-likeness (QED) is 0.697. The second-order valence-corrected chi connectivity index (χ2v) is 6.01. The van der Waals surface area contributed by atoms with Crippen molar-refractivity contribution >= 4 is 39.4 Å². The zero-order valence-corrected chi connectivity index (χ0v) is 13.9. The van der Waals surface area contributed by atoms with Crippen LogP contribution in [0.25, 0.3) is 0 Å². The maximum Gasteiger partial charge on any atom is 0.224 e. The van der Waals surface area contributed by atoms with Crippen molar-refractivity contribution in [2.75, 3.05) is 0 Å². The number of allylic oxidation sites excluding steroid dienone is 2. The Labute approximate surface area is 131 Å². The fourth-order valence-electron chi connectivity index (χ4n) is 1.23. The van der Waals surface area contributed by atoms with Gasteiger partial charge >= 0.3 is 0 Å². The standard InChI is InChI=1S/C7H9NO2.C5H4BrNS.C2H6/c8-7(10)5-1-3-6(9)4-2-5;6-5-2-1-4(3-7)8-5;1-2/h1,3-5,9H,2H2,(H2,8,10);1-3,7H;1-2H3. The van der Waals surface area contributed by atoms with Gasteiger partial charge in [0, 0.05) is 11.1 Å². The van der Waals surface area contributed by atoms with E-state index in [9.17, 15) is 4.79 Å². The SMILES string of the molecule is CC.N=Cc1ccc(Br)s1.NC(=O)C1C=CC(O)=CC1. The molecule has 0 spiro atoms. The van der Waals surface area contributed by atoms with Crippen LogP contribution >= 0.6 is 27.3 Å². The number of hydrogen-bond acceptors (Lipinski definition) is 4. The van der Waals surface area contributed by atoms with Crippen molar-refractivity contribution in [1.82, 2.24) is 0 Å². The molecule has 0 fully saturated rings. The molecule has 1 aliphatic rings. The largest absolute Gasteiger partial charge is 0.508 e. The molecule has 1 heterocycles. The number of rotatable bonds is 2. The Morgan fingerprint density at radius 1 is 1.55 bits per heavy atom. The number of primary amides is 1. The van der Waals surface area contributed by atoms with Gasteiger partial charge < -0.3 is 16.2 Å². The van der Waals surface area contributed by atoms with Crippen LogP contribution in [-0.2, 0) is 4.79 Å². The smallest absolute Gasteiger partial charge is 0.224 e. The monoisotopic (exact) mass is 358 g/mol. The number of nitrogens with two attached hydrogens (primary N) is 1. The summed E-state index contributed by atoms with van der Waals surface area (Å²) < 4.78 is 1.08. The van der Waals surface area contributed by atoms with Gasteiger partial charge in [-0.25, -0.2) is 0 Å². The Balaban J connectivity index is 0.000000327. The van der Waals surface area contributed by atoms with Gasteiger partial charge in [0.2, 0.25) is 5.91 Å². The molecule has 4 N–H and O–H groups in total. The van der Waals surface area contributed by atoms with E-state index in [0.29, 0.717) is 6.42 Å². The summed E-state index contributed by atoms with van der Waals surface area (Å²) in [5.41, 5.74) is 5.01. The second-order valence-electron chi connectivity index (χ2n) is 3.52. The molecular formula is C14H19BrN2O2S. The topological polar surface area (TPSA) is 87.2 Å². The normalized spacial score (nSPS) is 15.9. The molecule has 2 rings (SSSR count). The molecule has 0 aromatic carbocycles. The van der Waals surface area contributed by atoms with E-state index in [1.54, 1.807) is 23.5 Å². The highest BCUT2D eigenvalue weighted by molar-refractivity contribution is 9.11. The predicted molar refractivity (Wildman–Crippen MR) is 88.4 cm³/mol. The van der Waals surface area contributed by atoms with E-state index in [-0.39, 0.29) is 17.6 Å². The van der Waals surface area contributed by atoms with Crippen molar-refractivity contribution in [1.29, 1.82) is 5.41 Å². The van der Waals surface area contributed by atoms with Crippen molar-refractivity contribution in [3.05, 3.63) is 44.8 Å². The highest BCUT2D eigenvalue weighted by Crippen LogP contribution is 2.19. The van der Waals surface area contributed by atoms with Crippen LogP contribution in [0.2, 0.25) is 0 Å². The molecule has 0 aliphatic heterocycles. The average molecular weight is 359 g/mol. The molecule has 0 bridgehead atoms. The molecule has 0 saturated heterocycles. The summed E-state index contributed by atoms with van der Waals surface area (Å²) in [5, 5.41) is 15.7. The third-order valence-corrected chi connectivity index (χ3v) is 3.75. The third-order valence-electron chi connectivity index (χ3n) is 2.18. The van der Waals surface area contributed by atoms with Crippen LogP contribution in [-0.4, -0.2) is 17.2 Å². The first-order valence-electron chi connectivity index (χ1n) is 6.15. The lowest BCUT2D eigenvalue weighted by molar-refractivity contribution is -0.120. The summed E-state index contributed by atoms with van der Waals surface area (Å²) in [5.74, 6) is -0.381. The number of aliphatic hydroxyl groups excluding tert-OH is 1. The minimum atomic E-state index is -0.347. The first-order valence-corrected chi connectivity index (χ1v) is 7.76. The molecule has 1 unspecified atom stereocenters. The van der Waals surface area contributed by atoms with Gasteiger partial charge in [-0.1, -0.05) is 19.9 Å². The van der Waals surface area contributed by atoms with E-state index in [1.165, 1.54) is 12.3 Å². The van der Waals surface area contributed by atoms with Crippen molar-refractivity contribution < 1.29 is 9.90 Å². The molecule has 110 valence electrons. The lowest BCUT2D eigenvalue weighted by Gasteiger charge is -2.08. The van der Waals surface area contributed by atoms with Gasteiger partial charge in [0.1, 0.15) is 5.76 Å². The molecule has 0 saturated carbocycles. The second kappa shape index (κ2) is 10.4. The van der Waals surface area contributed by atoms with E-state index < -0.39 is 0 Å². The minimum Gasteiger partial charge on any atom is -0.508 e. The molecule has 1 amide bonds. The van der Waals surface area contributed by atoms with Crippen LogP contribution in [0.3, 0.4) is 0 Å². The maximum atomic E-state index is 10.5. The highest BCUT2D eigenvalue weighted by atomic mass is 79.9. The molecule has 1 aliphatic carbocycles. The van der Waals surface area contributed by atoms with Crippen LogP contribution in [0, 0.1) is 11.3 Å². The van der Waals surface area contributed by atoms with Crippen LogP contribution in [0.5, 0.6) is 0 Å². The fourth-order valence-corrected chi connectivity index (χ4v) is 2.48. The van der Waals surface area contributed by atoms with Gasteiger partial charge in [-0.3, -0.25) is 4.79 Å². The minimum absolute atomic E-state index is 0.206. The van der Waals surface area contributed by atoms with E-state index in [4.69, 9.17) is 16.2 Å². The highest BCUT2D eigenvalue weighted by Gasteiger charge is 2.12. The molecule has 20 heavy (non-hydrogen) atoms. The summed E-state index contributed by atoms with van der Waals surface area (Å²) in [6, 6.07) is 3.84. The Kier molecular flexibility index (Phi) is 9.67. The summed E-state index contributed by atoms with van der Waals surface area (Å²) in [4.78, 5) is 11.5. The molecule has 1 aromatic rings. The number of thiophene rings is 1. The Bertz CT molecular complexity index is 495. The first-order chi connectivity index (χ1) is 9.52. The van der Waals surface area contributed by atoms with Crippen molar-refractivity contribution in [2.45, 2.75) is 20.3 Å². The summed E-state index contributed by atoms with van der Waals surface area (Å²) in [6.45, 7) is 4.00. The van der Waals surface area contributed by atoms with Crippen molar-refractivity contribution in [3.63, 3.8) is 0 Å². The lowest BCUT2D eigenvalue weighted by atomic mass is 10.00. The maximum absolute atomic E-state index is 10.5. The zero-order chi connectivity index (χ0) is 15.5. The van der Waals surface area contributed by atoms with Crippen LogP contribution < -0.4 is 5.73 Å². The molecule has 0 radical (unpaired) electrons. The molecule has 1 aromatic heterocycles. The lowest BCUT2D eigenvalue weighted by Crippen LogP contribution is -2.22. The van der Waals surface area contributed by atoms with Gasteiger partial charge in [-0.05, 0) is 46.6 Å². The number of amides is 1. The molecule has 4 nitrogen and oxygen atoms in total. The van der Waals surface area contributed by atoms with Gasteiger partial charge in [0.05, 0.1) is 9.70 Å². The first kappa shape index (κ1) is 18.6. The van der Waals surface area contributed by atoms with Crippen LogP contribution in [0.15, 0.2) is 39.9 Å². The Morgan fingerprint density at radius 2 is 2.20 bits per heavy atom. The average Bonchev–Trinajstić information content (AvgIpc) is 2.88. The number of carbonyl (C=O) groups is 1. The predicted octanol–water partition coefficient (Wildman–Crippen LogP) is 4.02. The number of hydrogen-bond donors (Lipinski definition) is 3. The van der Waals surface area contributed by atoms with E-state index in [2.05, 4.69) is 15.9 Å².